The lowest BCUT2D eigenvalue weighted by atomic mass is 9.96. The molecule has 0 unspecified atom stereocenters. The molecule has 1 aliphatic heterocycles. The number of ether oxygens (including phenoxy) is 1. The van der Waals surface area contributed by atoms with Gasteiger partial charge < -0.3 is 14.6 Å². The smallest absolute Gasteiger partial charge is 0.309 e. The van der Waals surface area contributed by atoms with Gasteiger partial charge in [-0.05, 0) is 31.7 Å². The molecule has 7 heteroatoms. The lowest BCUT2D eigenvalue weighted by Crippen LogP contribution is -2.37. The van der Waals surface area contributed by atoms with E-state index in [1.807, 2.05) is 12.3 Å². The molecule has 1 N–H and O–H groups in total. The van der Waals surface area contributed by atoms with Gasteiger partial charge in [0.1, 0.15) is 23.9 Å². The fraction of sp³-hybridized carbons (Fsp3) is 0.444. The number of hydrogen-bond acceptors (Lipinski definition) is 6. The van der Waals surface area contributed by atoms with Crippen LogP contribution in [0.25, 0.3) is 21.9 Å². The van der Waals surface area contributed by atoms with Crippen molar-refractivity contribution in [3.8, 4) is 0 Å². The molecule has 0 bridgehead atoms. The molecule has 128 valence electrons. The highest BCUT2D eigenvalue weighted by Gasteiger charge is 2.32. The monoisotopic (exact) mass is 337 g/mol. The first-order valence-electron chi connectivity index (χ1n) is 8.82. The zero-order valence-electron chi connectivity index (χ0n) is 13.8. The number of hydrogen-bond donors (Lipinski definition) is 1. The van der Waals surface area contributed by atoms with Gasteiger partial charge in [0, 0.05) is 24.7 Å². The Morgan fingerprint density at radius 3 is 2.80 bits per heavy atom. The molecule has 0 amide bonds. The van der Waals surface area contributed by atoms with Crippen LogP contribution in [0.1, 0.15) is 25.7 Å². The van der Waals surface area contributed by atoms with E-state index >= 15 is 0 Å². The van der Waals surface area contributed by atoms with Crippen molar-refractivity contribution in [2.24, 2.45) is 5.92 Å². The zero-order chi connectivity index (χ0) is 16.8. The van der Waals surface area contributed by atoms with Crippen LogP contribution in [-0.4, -0.2) is 45.1 Å². The number of anilines is 1. The maximum atomic E-state index is 12.2. The van der Waals surface area contributed by atoms with Crippen LogP contribution in [0.15, 0.2) is 24.8 Å². The van der Waals surface area contributed by atoms with Crippen molar-refractivity contribution in [2.45, 2.75) is 31.8 Å². The second kappa shape index (κ2) is 5.68. The highest BCUT2D eigenvalue weighted by Crippen LogP contribution is 2.32. The van der Waals surface area contributed by atoms with E-state index in [-0.39, 0.29) is 18.0 Å². The highest BCUT2D eigenvalue weighted by atomic mass is 16.5. The maximum absolute atomic E-state index is 12.2. The fourth-order valence-corrected chi connectivity index (χ4v) is 3.55. The highest BCUT2D eigenvalue weighted by molar-refractivity contribution is 6.08. The molecule has 0 radical (unpaired) electrons. The number of aromatic nitrogens is 4. The summed E-state index contributed by atoms with van der Waals surface area (Å²) < 4.78 is 5.46. The van der Waals surface area contributed by atoms with Crippen molar-refractivity contribution in [2.75, 3.05) is 18.0 Å². The zero-order valence-corrected chi connectivity index (χ0v) is 13.8. The minimum atomic E-state index is -0.0214. The average molecular weight is 337 g/mol. The van der Waals surface area contributed by atoms with Gasteiger partial charge in [0.2, 0.25) is 0 Å². The average Bonchev–Trinajstić information content (AvgIpc) is 3.33. The van der Waals surface area contributed by atoms with Crippen LogP contribution >= 0.6 is 0 Å². The van der Waals surface area contributed by atoms with Gasteiger partial charge in [0.15, 0.2) is 0 Å². The second-order valence-corrected chi connectivity index (χ2v) is 6.85. The summed E-state index contributed by atoms with van der Waals surface area (Å²) in [6, 6.07) is 2.01. The lowest BCUT2D eigenvalue weighted by molar-refractivity contribution is -0.150. The number of fused-ring (bicyclic) bond motifs is 3. The van der Waals surface area contributed by atoms with E-state index in [1.54, 1.807) is 12.5 Å². The van der Waals surface area contributed by atoms with E-state index in [4.69, 9.17) is 4.74 Å². The van der Waals surface area contributed by atoms with Crippen molar-refractivity contribution < 1.29 is 9.53 Å². The van der Waals surface area contributed by atoms with E-state index < -0.39 is 0 Å². The summed E-state index contributed by atoms with van der Waals surface area (Å²) in [5, 5.41) is 2.05. The number of piperidine rings is 1. The molecule has 1 saturated heterocycles. The largest absolute Gasteiger partial charge is 0.462 e. The molecule has 5 rings (SSSR count). The third-order valence-electron chi connectivity index (χ3n) is 5.10. The Morgan fingerprint density at radius 2 is 2.00 bits per heavy atom. The molecule has 1 saturated carbocycles. The summed E-state index contributed by atoms with van der Waals surface area (Å²) in [5.41, 5.74) is 1.68. The minimum absolute atomic E-state index is 0.0129. The number of aromatic amines is 1. The van der Waals surface area contributed by atoms with Gasteiger partial charge >= 0.3 is 5.97 Å². The molecule has 2 fully saturated rings. The summed E-state index contributed by atoms with van der Waals surface area (Å²) in [4.78, 5) is 30.9. The molecule has 4 heterocycles. The van der Waals surface area contributed by atoms with Crippen LogP contribution in [-0.2, 0) is 9.53 Å². The van der Waals surface area contributed by atoms with Gasteiger partial charge in [0.25, 0.3) is 0 Å². The number of carbonyl (C=O) groups is 1. The van der Waals surface area contributed by atoms with Gasteiger partial charge in [-0.25, -0.2) is 15.0 Å². The molecule has 2 aliphatic rings. The molecule has 0 spiro atoms. The Morgan fingerprint density at radius 1 is 1.16 bits per heavy atom. The molecule has 7 nitrogen and oxygen atoms in total. The summed E-state index contributed by atoms with van der Waals surface area (Å²) in [6.45, 7) is 1.59. The van der Waals surface area contributed by atoms with Crippen LogP contribution < -0.4 is 4.90 Å². The van der Waals surface area contributed by atoms with Crippen molar-refractivity contribution in [1.82, 2.24) is 19.9 Å². The normalized spacial score (nSPS) is 18.8. The third-order valence-corrected chi connectivity index (χ3v) is 5.10. The van der Waals surface area contributed by atoms with Crippen LogP contribution in [0.4, 0.5) is 5.82 Å². The van der Waals surface area contributed by atoms with Crippen LogP contribution in [0, 0.1) is 5.92 Å². The molecular weight excluding hydrogens is 318 g/mol. The fourth-order valence-electron chi connectivity index (χ4n) is 3.55. The van der Waals surface area contributed by atoms with Crippen LogP contribution in [0.3, 0.4) is 0 Å². The Labute approximate surface area is 144 Å². The number of esters is 1. The third kappa shape index (κ3) is 2.59. The van der Waals surface area contributed by atoms with Gasteiger partial charge in [-0.3, -0.25) is 4.79 Å². The van der Waals surface area contributed by atoms with Gasteiger partial charge in [-0.15, -0.1) is 0 Å². The topological polar surface area (TPSA) is 84.0 Å². The molecule has 1 aliphatic carbocycles. The molecule has 25 heavy (non-hydrogen) atoms. The molecular formula is C18H19N5O2. The number of rotatable bonds is 3. The quantitative estimate of drug-likeness (QED) is 0.739. The molecule has 0 aromatic carbocycles. The molecule has 0 atom stereocenters. The van der Waals surface area contributed by atoms with Crippen molar-refractivity contribution in [1.29, 1.82) is 0 Å². The van der Waals surface area contributed by atoms with E-state index in [0.717, 1.165) is 66.5 Å². The van der Waals surface area contributed by atoms with E-state index in [9.17, 15) is 4.79 Å². The molecule has 3 aromatic rings. The van der Waals surface area contributed by atoms with Crippen LogP contribution in [0.2, 0.25) is 0 Å². The number of pyridine rings is 1. The molecule has 3 aromatic heterocycles. The van der Waals surface area contributed by atoms with Gasteiger partial charge in [-0.2, -0.15) is 0 Å². The number of carbonyl (C=O) groups excluding carboxylic acids is 1. The predicted molar refractivity (Wildman–Crippen MR) is 93.2 cm³/mol. The summed E-state index contributed by atoms with van der Waals surface area (Å²) in [7, 11) is 0. The first-order chi connectivity index (χ1) is 12.3. The van der Waals surface area contributed by atoms with Gasteiger partial charge in [-0.1, -0.05) is 0 Å². The Balaban J connectivity index is 1.42. The van der Waals surface area contributed by atoms with Crippen molar-refractivity contribution >= 4 is 33.7 Å². The Hall–Kier alpha value is -2.70. The second-order valence-electron chi connectivity index (χ2n) is 6.85. The number of nitrogens with one attached hydrogen (secondary N) is 1. The first kappa shape index (κ1) is 14.6. The summed E-state index contributed by atoms with van der Waals surface area (Å²) in [6.07, 6.45) is 9.09. The van der Waals surface area contributed by atoms with E-state index in [2.05, 4.69) is 24.8 Å². The number of nitrogens with zero attached hydrogens (tertiary/aromatic N) is 4. The SMILES string of the molecule is O=C(OC1CC1)C1CCN(c2ncnc3cnc4[nH]ccc4c23)CC1. The van der Waals surface area contributed by atoms with Gasteiger partial charge in [0.05, 0.1) is 23.0 Å². The van der Waals surface area contributed by atoms with E-state index in [1.165, 1.54) is 0 Å². The predicted octanol–water partition coefficient (Wildman–Crippen LogP) is 2.43. The summed E-state index contributed by atoms with van der Waals surface area (Å²) >= 11 is 0. The van der Waals surface area contributed by atoms with Crippen LogP contribution in [0.5, 0.6) is 0 Å². The first-order valence-corrected chi connectivity index (χ1v) is 8.82. The lowest BCUT2D eigenvalue weighted by Gasteiger charge is -2.32. The Kier molecular flexibility index (Phi) is 3.33. The Bertz CT molecular complexity index is 941. The summed E-state index contributed by atoms with van der Waals surface area (Å²) in [5.74, 6) is 0.914. The standard InChI is InChI=1S/C18H19N5O2/c24-18(25-12-1-2-12)11-4-7-23(8-5-11)17-15-13-3-6-19-16(13)20-9-14(15)21-10-22-17/h3,6,9-12H,1-2,4-5,7-8H2,(H,19,20). The maximum Gasteiger partial charge on any atom is 0.309 e. The van der Waals surface area contributed by atoms with Crippen molar-refractivity contribution in [3.63, 3.8) is 0 Å². The number of H-pyrrole nitrogens is 1. The minimum Gasteiger partial charge on any atom is -0.462 e. The van der Waals surface area contributed by atoms with Crippen molar-refractivity contribution in [3.05, 3.63) is 24.8 Å². The van der Waals surface area contributed by atoms with E-state index in [0.29, 0.717) is 0 Å².